The molecule has 0 atom stereocenters. The van der Waals surface area contributed by atoms with Crippen LogP contribution in [0.1, 0.15) is 5.56 Å². The molecule has 1 N–H and O–H groups in total. The Morgan fingerprint density at radius 2 is 1.79 bits per heavy atom. The standard InChI is InChI=1S/C20H14Cl2F2N4/c1-28-17(18-13(21)3-2-4-14(18)22)8-12-10-26-20(27-19(12)28)25-9-11-5-6-15(23)16(24)7-11/h2-8,10H,9H2,1H3,(H,25,26,27). The molecule has 4 aromatic rings. The second-order valence-electron chi connectivity index (χ2n) is 6.26. The number of hydrogen-bond donors (Lipinski definition) is 1. The van der Waals surface area contributed by atoms with Gasteiger partial charge in [0, 0.05) is 30.7 Å². The molecule has 0 saturated heterocycles. The fraction of sp³-hybridized carbons (Fsp3) is 0.100. The molecular weight excluding hydrogens is 405 g/mol. The molecule has 0 saturated carbocycles. The van der Waals surface area contributed by atoms with Crippen LogP contribution >= 0.6 is 23.2 Å². The van der Waals surface area contributed by atoms with Crippen molar-refractivity contribution >= 4 is 40.2 Å². The Balaban J connectivity index is 1.66. The third-order valence-electron chi connectivity index (χ3n) is 4.42. The van der Waals surface area contributed by atoms with Gasteiger partial charge in [0.05, 0.1) is 15.7 Å². The number of benzene rings is 2. The maximum atomic E-state index is 13.3. The van der Waals surface area contributed by atoms with E-state index >= 15 is 0 Å². The second kappa shape index (κ2) is 7.37. The van der Waals surface area contributed by atoms with Gasteiger partial charge in [0.15, 0.2) is 11.6 Å². The lowest BCUT2D eigenvalue weighted by molar-refractivity contribution is 0.507. The van der Waals surface area contributed by atoms with Crippen LogP contribution in [0.2, 0.25) is 10.0 Å². The van der Waals surface area contributed by atoms with Crippen molar-refractivity contribution in [2.75, 3.05) is 5.32 Å². The number of halogens is 4. The predicted octanol–water partition coefficient (Wildman–Crippen LogP) is 5.83. The van der Waals surface area contributed by atoms with Crippen LogP contribution in [-0.2, 0) is 13.6 Å². The van der Waals surface area contributed by atoms with Gasteiger partial charge in [-0.1, -0.05) is 35.3 Å². The zero-order valence-electron chi connectivity index (χ0n) is 14.7. The molecule has 28 heavy (non-hydrogen) atoms. The van der Waals surface area contributed by atoms with E-state index in [-0.39, 0.29) is 6.54 Å². The Hall–Kier alpha value is -2.70. The van der Waals surface area contributed by atoms with Crippen LogP contribution in [-0.4, -0.2) is 14.5 Å². The van der Waals surface area contributed by atoms with Crippen molar-refractivity contribution in [1.82, 2.24) is 14.5 Å². The van der Waals surface area contributed by atoms with E-state index < -0.39 is 11.6 Å². The topological polar surface area (TPSA) is 42.7 Å². The number of hydrogen-bond acceptors (Lipinski definition) is 3. The number of aromatic nitrogens is 3. The van der Waals surface area contributed by atoms with Gasteiger partial charge < -0.3 is 9.88 Å². The highest BCUT2D eigenvalue weighted by molar-refractivity contribution is 6.39. The van der Waals surface area contributed by atoms with Crippen molar-refractivity contribution < 1.29 is 8.78 Å². The lowest BCUT2D eigenvalue weighted by Crippen LogP contribution is -2.05. The van der Waals surface area contributed by atoms with E-state index in [1.807, 2.05) is 17.7 Å². The van der Waals surface area contributed by atoms with E-state index in [2.05, 4.69) is 15.3 Å². The Labute approximate surface area is 169 Å². The third-order valence-corrected chi connectivity index (χ3v) is 5.05. The third kappa shape index (κ3) is 3.41. The highest BCUT2D eigenvalue weighted by Gasteiger charge is 2.15. The van der Waals surface area contributed by atoms with Crippen molar-refractivity contribution in [2.24, 2.45) is 7.05 Å². The summed E-state index contributed by atoms with van der Waals surface area (Å²) in [5, 5.41) is 4.94. The van der Waals surface area contributed by atoms with Crippen molar-refractivity contribution in [3.8, 4) is 11.3 Å². The Morgan fingerprint density at radius 3 is 2.50 bits per heavy atom. The summed E-state index contributed by atoms with van der Waals surface area (Å²) in [6.45, 7) is 0.260. The van der Waals surface area contributed by atoms with Gasteiger partial charge >= 0.3 is 0 Å². The fourth-order valence-electron chi connectivity index (χ4n) is 3.01. The SMILES string of the molecule is Cn1c(-c2c(Cl)cccc2Cl)cc2cnc(NCc3ccc(F)c(F)c3)nc21. The number of aryl methyl sites for hydroxylation is 1. The lowest BCUT2D eigenvalue weighted by Gasteiger charge is -2.09. The summed E-state index contributed by atoms with van der Waals surface area (Å²) in [5.41, 5.74) is 2.81. The first-order chi connectivity index (χ1) is 13.4. The van der Waals surface area contributed by atoms with Crippen molar-refractivity contribution in [2.45, 2.75) is 6.54 Å². The van der Waals surface area contributed by atoms with Gasteiger partial charge in [-0.25, -0.2) is 13.8 Å². The summed E-state index contributed by atoms with van der Waals surface area (Å²) in [7, 11) is 1.86. The lowest BCUT2D eigenvalue weighted by atomic mass is 10.1. The molecular formula is C20H14Cl2F2N4. The molecule has 0 radical (unpaired) electrons. The van der Waals surface area contributed by atoms with Gasteiger partial charge in [0.2, 0.25) is 5.95 Å². The van der Waals surface area contributed by atoms with E-state index in [1.165, 1.54) is 6.07 Å². The summed E-state index contributed by atoms with van der Waals surface area (Å²) in [4.78, 5) is 8.81. The molecule has 0 amide bonds. The van der Waals surface area contributed by atoms with E-state index in [9.17, 15) is 8.78 Å². The van der Waals surface area contributed by atoms with Gasteiger partial charge in [0.25, 0.3) is 0 Å². The molecule has 0 fully saturated rings. The van der Waals surface area contributed by atoms with E-state index in [0.29, 0.717) is 27.2 Å². The van der Waals surface area contributed by atoms with E-state index in [4.69, 9.17) is 23.2 Å². The van der Waals surface area contributed by atoms with Crippen molar-refractivity contribution in [3.63, 3.8) is 0 Å². The first-order valence-electron chi connectivity index (χ1n) is 8.38. The first kappa shape index (κ1) is 18.7. The number of rotatable bonds is 4. The highest BCUT2D eigenvalue weighted by Crippen LogP contribution is 2.36. The van der Waals surface area contributed by atoms with Crippen LogP contribution in [0.25, 0.3) is 22.3 Å². The van der Waals surface area contributed by atoms with Gasteiger partial charge in [-0.3, -0.25) is 0 Å². The van der Waals surface area contributed by atoms with Crippen LogP contribution in [0, 0.1) is 11.6 Å². The minimum atomic E-state index is -0.889. The molecule has 142 valence electrons. The molecule has 0 spiro atoms. The number of anilines is 1. The Morgan fingerprint density at radius 1 is 1.04 bits per heavy atom. The zero-order chi connectivity index (χ0) is 19.8. The zero-order valence-corrected chi connectivity index (χ0v) is 16.2. The average Bonchev–Trinajstić information content (AvgIpc) is 2.99. The molecule has 0 aliphatic heterocycles. The normalized spacial score (nSPS) is 11.2. The smallest absolute Gasteiger partial charge is 0.224 e. The molecule has 4 nitrogen and oxygen atoms in total. The average molecular weight is 419 g/mol. The van der Waals surface area contributed by atoms with Crippen LogP contribution in [0.3, 0.4) is 0 Å². The molecule has 0 aliphatic carbocycles. The molecule has 2 aromatic heterocycles. The number of nitrogens with zero attached hydrogens (tertiary/aromatic N) is 3. The van der Waals surface area contributed by atoms with Crippen LogP contribution in [0.5, 0.6) is 0 Å². The van der Waals surface area contributed by atoms with Gasteiger partial charge in [-0.15, -0.1) is 0 Å². The van der Waals surface area contributed by atoms with Gasteiger partial charge in [-0.2, -0.15) is 4.98 Å². The van der Waals surface area contributed by atoms with Crippen LogP contribution in [0.4, 0.5) is 14.7 Å². The molecule has 0 bridgehead atoms. The molecule has 0 aliphatic rings. The van der Waals surface area contributed by atoms with Crippen LogP contribution < -0.4 is 5.32 Å². The predicted molar refractivity (Wildman–Crippen MR) is 108 cm³/mol. The summed E-state index contributed by atoms with van der Waals surface area (Å²) in [6.07, 6.45) is 1.68. The maximum absolute atomic E-state index is 13.3. The summed E-state index contributed by atoms with van der Waals surface area (Å²) >= 11 is 12.7. The van der Waals surface area contributed by atoms with Gasteiger partial charge in [0.1, 0.15) is 5.65 Å². The molecule has 2 aromatic carbocycles. The Bertz CT molecular complexity index is 1170. The molecule has 4 rings (SSSR count). The molecule has 8 heteroatoms. The summed E-state index contributed by atoms with van der Waals surface area (Å²) < 4.78 is 28.3. The fourth-order valence-corrected chi connectivity index (χ4v) is 3.60. The minimum Gasteiger partial charge on any atom is -0.350 e. The van der Waals surface area contributed by atoms with E-state index in [1.54, 1.807) is 24.4 Å². The second-order valence-corrected chi connectivity index (χ2v) is 7.07. The largest absolute Gasteiger partial charge is 0.350 e. The van der Waals surface area contributed by atoms with Gasteiger partial charge in [-0.05, 0) is 35.9 Å². The molecule has 2 heterocycles. The summed E-state index contributed by atoms with van der Waals surface area (Å²) in [5.74, 6) is -1.40. The van der Waals surface area contributed by atoms with E-state index in [0.717, 1.165) is 28.8 Å². The quantitative estimate of drug-likeness (QED) is 0.453. The number of fused-ring (bicyclic) bond motifs is 1. The van der Waals surface area contributed by atoms with Crippen LogP contribution in [0.15, 0.2) is 48.7 Å². The van der Waals surface area contributed by atoms with Crippen molar-refractivity contribution in [1.29, 1.82) is 0 Å². The Kier molecular flexibility index (Phi) is 4.91. The number of nitrogens with one attached hydrogen (secondary N) is 1. The maximum Gasteiger partial charge on any atom is 0.224 e. The van der Waals surface area contributed by atoms with Crippen molar-refractivity contribution in [3.05, 3.63) is 75.9 Å². The minimum absolute atomic E-state index is 0.260. The highest BCUT2D eigenvalue weighted by atomic mass is 35.5. The monoisotopic (exact) mass is 418 g/mol. The summed E-state index contributed by atoms with van der Waals surface area (Å²) in [6, 6.07) is 11.0. The first-order valence-corrected chi connectivity index (χ1v) is 9.14. The molecule has 0 unspecified atom stereocenters.